The third-order valence-electron chi connectivity index (χ3n) is 0.287. The Kier molecular flexibility index (Phi) is 9.14. The van der Waals surface area contributed by atoms with Gasteiger partial charge in [-0.1, -0.05) is 0 Å². The first-order chi connectivity index (χ1) is 2.27. The van der Waals surface area contributed by atoms with Crippen molar-refractivity contribution < 1.29 is 43.2 Å². The second kappa shape index (κ2) is 5.60. The van der Waals surface area contributed by atoms with Gasteiger partial charge < -0.3 is 10.5 Å². The zero-order chi connectivity index (χ0) is 4.28. The number of hydrogen-bond donors (Lipinski definition) is 1. The van der Waals surface area contributed by atoms with Crippen LogP contribution >= 0.6 is 0 Å². The molecule has 3 heteroatoms. The number of carbonyl (C=O) groups is 1. The van der Waals surface area contributed by atoms with Crippen LogP contribution in [0.4, 0.5) is 0 Å². The average molecular weight is 162 g/mol. The van der Waals surface area contributed by atoms with Crippen molar-refractivity contribution in [2.24, 2.45) is 0 Å². The Bertz CT molecular complexity index is 46.1. The molecule has 2 nitrogen and oxygen atoms in total. The summed E-state index contributed by atoms with van der Waals surface area (Å²) >= 11 is 0. The monoisotopic (exact) mass is 162 g/mol. The topological polar surface area (TPSA) is 44.7 Å². The summed E-state index contributed by atoms with van der Waals surface area (Å²) in [5, 5.41) is 0. The Morgan fingerprint density at radius 3 is 2.00 bits per heavy atom. The van der Waals surface area contributed by atoms with Crippen LogP contribution in [0.5, 0.6) is 0 Å². The molecule has 0 rings (SSSR count). The molecule has 0 spiro atoms. The van der Waals surface area contributed by atoms with Crippen LogP contribution in [0.25, 0.3) is 0 Å². The van der Waals surface area contributed by atoms with Gasteiger partial charge in [0.15, 0.2) is 0 Å². The van der Waals surface area contributed by atoms with Crippen molar-refractivity contribution in [2.45, 2.75) is 6.92 Å². The third kappa shape index (κ3) is 8.82. The van der Waals surface area contributed by atoms with E-state index >= 15 is 0 Å². The summed E-state index contributed by atoms with van der Waals surface area (Å²) in [7, 11) is 0. The molecule has 0 amide bonds. The van der Waals surface area contributed by atoms with Crippen molar-refractivity contribution in [3.63, 3.8) is 0 Å². The third-order valence-corrected chi connectivity index (χ3v) is 0.287. The van der Waals surface area contributed by atoms with Gasteiger partial charge in [-0.2, -0.15) is 0 Å². The molecular weight excluding hydrogens is 155 g/mol. The van der Waals surface area contributed by atoms with Gasteiger partial charge in [0, 0.05) is 5.78 Å². The first kappa shape index (κ1) is 9.78. The summed E-state index contributed by atoms with van der Waals surface area (Å²) in [5.74, 6) is 0.0185. The van der Waals surface area contributed by atoms with Crippen LogP contribution < -0.4 is 5.73 Å². The molecule has 30 valence electrons. The Hall–Kier alpha value is 0.604. The van der Waals surface area contributed by atoms with Gasteiger partial charge in [0.05, 0.1) is 0 Å². The second-order valence-electron chi connectivity index (χ2n) is 0.815. The number of hydrogen-bond acceptors (Lipinski definition) is 1. The van der Waals surface area contributed by atoms with E-state index in [1.165, 1.54) is 13.5 Å². The smallest absolute Gasteiger partial charge is 0.466 e. The van der Waals surface area contributed by atoms with Gasteiger partial charge in [0.1, 0.15) is 0 Å². The molecule has 0 saturated heterocycles. The van der Waals surface area contributed by atoms with Crippen molar-refractivity contribution in [1.82, 2.24) is 0 Å². The number of quaternary nitrogens is 1. The van der Waals surface area contributed by atoms with Crippen molar-refractivity contribution in [3.8, 4) is 0 Å². The van der Waals surface area contributed by atoms with E-state index < -0.39 is 0 Å². The maximum absolute atomic E-state index is 9.69. The predicted octanol–water partition coefficient (Wildman–Crippen LogP) is -1.02. The molecule has 0 aromatic rings. The number of carbonyl (C=O) groups excluding carboxylic acids is 1. The van der Waals surface area contributed by atoms with Crippen LogP contribution in [0.3, 0.4) is 0 Å². The normalized spacial score (nSPS) is 5.67. The van der Waals surface area contributed by atoms with Gasteiger partial charge in [0.2, 0.25) is 0 Å². The van der Waals surface area contributed by atoms with Gasteiger partial charge in [-0.05, 0) is 6.92 Å². The van der Waals surface area contributed by atoms with Gasteiger partial charge in [-0.3, -0.25) is 0 Å². The Morgan fingerprint density at radius 1 is 1.83 bits per heavy atom. The Labute approximate surface area is 62.4 Å². The molecule has 0 heterocycles. The molecule has 0 fully saturated rings. The molecule has 0 unspecified atom stereocenters. The SMILES string of the molecule is CC(=O)[CH-][NH3+].[Y+3]. The zero-order valence-electron chi connectivity index (χ0n) is 3.77. The maximum atomic E-state index is 9.69. The van der Waals surface area contributed by atoms with E-state index in [9.17, 15) is 4.79 Å². The molecule has 0 bridgehead atoms. The van der Waals surface area contributed by atoms with Crippen LogP contribution in [-0.4, -0.2) is 5.78 Å². The average Bonchev–Trinajstić information content (AvgIpc) is 1.38. The van der Waals surface area contributed by atoms with Gasteiger partial charge >= 0.3 is 32.7 Å². The van der Waals surface area contributed by atoms with E-state index in [2.05, 4.69) is 5.73 Å². The maximum Gasteiger partial charge on any atom is 3.00 e. The summed E-state index contributed by atoms with van der Waals surface area (Å²) in [4.78, 5) is 9.69. The summed E-state index contributed by atoms with van der Waals surface area (Å²) in [6, 6.07) is 0. The molecule has 6 heavy (non-hydrogen) atoms. The summed E-state index contributed by atoms with van der Waals surface area (Å²) in [5.41, 5.74) is 3.21. The zero-order valence-corrected chi connectivity index (χ0v) is 6.61. The molecule has 0 aliphatic rings. The number of rotatable bonds is 1. The fraction of sp³-hybridized carbons (Fsp3) is 0.333. The van der Waals surface area contributed by atoms with Crippen LogP contribution in [0.1, 0.15) is 6.92 Å². The first-order valence-corrected chi connectivity index (χ1v) is 1.40. The predicted molar refractivity (Wildman–Crippen MR) is 17.9 cm³/mol. The van der Waals surface area contributed by atoms with E-state index in [1.807, 2.05) is 0 Å². The molecule has 3 N–H and O–H groups in total. The largest absolute Gasteiger partial charge is 3.00 e. The van der Waals surface area contributed by atoms with Gasteiger partial charge in [0.25, 0.3) is 0 Å². The van der Waals surface area contributed by atoms with Crippen LogP contribution in [0.2, 0.25) is 0 Å². The van der Waals surface area contributed by atoms with Gasteiger partial charge in [-0.25, -0.2) is 0 Å². The fourth-order valence-corrected chi connectivity index (χ4v) is 0. The van der Waals surface area contributed by atoms with E-state index in [-0.39, 0.29) is 38.5 Å². The van der Waals surface area contributed by atoms with Crippen LogP contribution in [0, 0.1) is 6.54 Å². The molecule has 0 saturated carbocycles. The van der Waals surface area contributed by atoms with Crippen molar-refractivity contribution in [3.05, 3.63) is 6.54 Å². The molecular formula is C3H7NOY+3. The number of ketones is 1. The minimum atomic E-state index is 0. The standard InChI is InChI=1S/C3H7NO.Y/c1-3(5)2-4;/h2H,1,4H3;/q;+3. The minimum Gasteiger partial charge on any atom is -0.466 e. The second-order valence-corrected chi connectivity index (χ2v) is 0.815. The quantitative estimate of drug-likeness (QED) is 0.492. The van der Waals surface area contributed by atoms with E-state index in [0.29, 0.717) is 0 Å². The van der Waals surface area contributed by atoms with Gasteiger partial charge in [-0.15, -0.1) is 6.54 Å². The van der Waals surface area contributed by atoms with Crippen molar-refractivity contribution in [2.75, 3.05) is 0 Å². The Balaban J connectivity index is 0. The molecule has 0 atom stereocenters. The summed E-state index contributed by atoms with van der Waals surface area (Å²) < 4.78 is 0. The first-order valence-electron chi connectivity index (χ1n) is 1.40. The van der Waals surface area contributed by atoms with Crippen molar-refractivity contribution in [1.29, 1.82) is 0 Å². The molecule has 0 aliphatic carbocycles. The molecule has 0 aliphatic heterocycles. The molecule has 0 aromatic carbocycles. The molecule has 0 radical (unpaired) electrons. The minimum absolute atomic E-state index is 0. The van der Waals surface area contributed by atoms with Crippen molar-refractivity contribution >= 4 is 5.78 Å². The van der Waals surface area contributed by atoms with Crippen LogP contribution in [0.15, 0.2) is 0 Å². The van der Waals surface area contributed by atoms with E-state index in [4.69, 9.17) is 0 Å². The fourth-order valence-electron chi connectivity index (χ4n) is 0. The molecule has 0 aromatic heterocycles. The van der Waals surface area contributed by atoms with E-state index in [1.54, 1.807) is 0 Å². The number of Topliss-reactive ketones (excluding diaryl/α,β-unsaturated/α-hetero) is 1. The summed E-state index contributed by atoms with van der Waals surface area (Å²) in [6.45, 7) is 2.74. The van der Waals surface area contributed by atoms with E-state index in [0.717, 1.165) is 0 Å². The summed E-state index contributed by atoms with van der Waals surface area (Å²) in [6.07, 6.45) is 0. The van der Waals surface area contributed by atoms with Crippen LogP contribution in [-0.2, 0) is 37.5 Å². The Morgan fingerprint density at radius 2 is 2.00 bits per heavy atom.